The Morgan fingerprint density at radius 3 is 2.56 bits per heavy atom. The first-order valence-corrected chi connectivity index (χ1v) is 6.68. The number of carbonyl (C=O) groups excluding carboxylic acids is 1. The highest BCUT2D eigenvalue weighted by Crippen LogP contribution is 2.28. The minimum absolute atomic E-state index is 0.303. The molecule has 3 nitrogen and oxygen atoms in total. The minimum atomic E-state index is 0.303. The second-order valence-electron chi connectivity index (χ2n) is 5.76. The normalized spacial score (nSPS) is 25.6. The van der Waals surface area contributed by atoms with E-state index in [0.29, 0.717) is 17.2 Å². The molecule has 1 saturated carbocycles. The summed E-state index contributed by atoms with van der Waals surface area (Å²) in [6, 6.07) is 0. The van der Waals surface area contributed by atoms with Crippen LogP contribution in [0.1, 0.15) is 45.4 Å². The van der Waals surface area contributed by atoms with E-state index in [2.05, 4.69) is 17.6 Å². The van der Waals surface area contributed by atoms with Gasteiger partial charge in [-0.3, -0.25) is 4.79 Å². The average Bonchev–Trinajstić information content (AvgIpc) is 2.80. The highest BCUT2D eigenvalue weighted by Gasteiger charge is 2.29. The van der Waals surface area contributed by atoms with Crippen LogP contribution in [-0.4, -0.2) is 25.5 Å². The molecule has 2 rings (SSSR count). The van der Waals surface area contributed by atoms with Gasteiger partial charge in [-0.05, 0) is 44.2 Å². The summed E-state index contributed by atoms with van der Waals surface area (Å²) in [5.41, 5.74) is 0.319. The van der Waals surface area contributed by atoms with Crippen molar-refractivity contribution < 1.29 is 4.79 Å². The molecule has 2 fully saturated rings. The maximum Gasteiger partial charge on any atom is 0.223 e. The van der Waals surface area contributed by atoms with Gasteiger partial charge in [-0.2, -0.15) is 0 Å². The number of hydrogen-bond donors (Lipinski definition) is 2. The molecule has 3 heteroatoms. The molecule has 1 amide bonds. The molecule has 92 valence electrons. The van der Waals surface area contributed by atoms with E-state index < -0.39 is 0 Å². The van der Waals surface area contributed by atoms with Crippen LogP contribution >= 0.6 is 0 Å². The van der Waals surface area contributed by atoms with Gasteiger partial charge in [-0.25, -0.2) is 0 Å². The Morgan fingerprint density at radius 1 is 1.31 bits per heavy atom. The summed E-state index contributed by atoms with van der Waals surface area (Å²) in [4.78, 5) is 11.9. The molecule has 1 aliphatic carbocycles. The molecule has 0 aromatic carbocycles. The lowest BCUT2D eigenvalue weighted by Crippen LogP contribution is -2.44. The summed E-state index contributed by atoms with van der Waals surface area (Å²) < 4.78 is 0. The van der Waals surface area contributed by atoms with Crippen molar-refractivity contribution in [2.24, 2.45) is 11.3 Å². The Labute approximate surface area is 98.4 Å². The van der Waals surface area contributed by atoms with E-state index in [1.807, 2.05) is 0 Å². The van der Waals surface area contributed by atoms with Gasteiger partial charge in [0.15, 0.2) is 0 Å². The van der Waals surface area contributed by atoms with Gasteiger partial charge in [0.2, 0.25) is 5.91 Å². The Morgan fingerprint density at radius 2 is 1.94 bits per heavy atom. The largest absolute Gasteiger partial charge is 0.355 e. The van der Waals surface area contributed by atoms with Gasteiger partial charge in [0.25, 0.3) is 0 Å². The predicted molar refractivity (Wildman–Crippen MR) is 65.2 cm³/mol. The summed E-state index contributed by atoms with van der Waals surface area (Å²) in [5, 5.41) is 6.54. The van der Waals surface area contributed by atoms with E-state index in [-0.39, 0.29) is 0 Å². The topological polar surface area (TPSA) is 41.1 Å². The highest BCUT2D eigenvalue weighted by atomic mass is 16.1. The van der Waals surface area contributed by atoms with Crippen LogP contribution in [0.4, 0.5) is 0 Å². The molecule has 2 aliphatic rings. The van der Waals surface area contributed by atoms with E-state index in [1.165, 1.54) is 25.7 Å². The van der Waals surface area contributed by atoms with Crippen molar-refractivity contribution in [3.63, 3.8) is 0 Å². The minimum Gasteiger partial charge on any atom is -0.355 e. The first-order valence-electron chi connectivity index (χ1n) is 6.68. The molecule has 0 bridgehead atoms. The zero-order valence-corrected chi connectivity index (χ0v) is 10.3. The second kappa shape index (κ2) is 5.17. The van der Waals surface area contributed by atoms with Crippen molar-refractivity contribution in [3.05, 3.63) is 0 Å². The third-order valence-electron chi connectivity index (χ3n) is 4.23. The quantitative estimate of drug-likeness (QED) is 0.766. The number of rotatable bonds is 3. The molecular weight excluding hydrogens is 200 g/mol. The van der Waals surface area contributed by atoms with Crippen LogP contribution in [-0.2, 0) is 4.79 Å². The van der Waals surface area contributed by atoms with Crippen LogP contribution in [0.3, 0.4) is 0 Å². The van der Waals surface area contributed by atoms with Crippen LogP contribution in [0.2, 0.25) is 0 Å². The van der Waals surface area contributed by atoms with Gasteiger partial charge in [0, 0.05) is 12.5 Å². The molecule has 1 saturated heterocycles. The Bertz CT molecular complexity index is 240. The lowest BCUT2D eigenvalue weighted by molar-refractivity contribution is -0.125. The van der Waals surface area contributed by atoms with Gasteiger partial charge >= 0.3 is 0 Å². The lowest BCUT2D eigenvalue weighted by atomic mass is 9.81. The standard InChI is InChI=1S/C13H24N2O/c1-13(6-8-14-9-7-13)10-15-12(16)11-4-2-3-5-11/h11,14H,2-10H2,1H3,(H,15,16). The molecule has 16 heavy (non-hydrogen) atoms. The van der Waals surface area contributed by atoms with E-state index in [1.54, 1.807) is 0 Å². The van der Waals surface area contributed by atoms with Crippen LogP contribution in [0, 0.1) is 11.3 Å². The van der Waals surface area contributed by atoms with Crippen LogP contribution in [0.5, 0.6) is 0 Å². The molecule has 0 unspecified atom stereocenters. The van der Waals surface area contributed by atoms with E-state index in [4.69, 9.17) is 0 Å². The first kappa shape index (κ1) is 11.9. The molecule has 2 N–H and O–H groups in total. The third kappa shape index (κ3) is 2.97. The Hall–Kier alpha value is -0.570. The molecule has 0 aromatic rings. The van der Waals surface area contributed by atoms with Crippen molar-refractivity contribution in [2.45, 2.75) is 45.4 Å². The van der Waals surface area contributed by atoms with Crippen molar-refractivity contribution in [3.8, 4) is 0 Å². The number of nitrogens with one attached hydrogen (secondary N) is 2. The molecule has 1 aliphatic heterocycles. The van der Waals surface area contributed by atoms with Gasteiger partial charge in [-0.15, -0.1) is 0 Å². The SMILES string of the molecule is CC1(CNC(=O)C2CCCC2)CCNCC1. The number of piperidine rings is 1. The van der Waals surface area contributed by atoms with Crippen molar-refractivity contribution in [2.75, 3.05) is 19.6 Å². The second-order valence-corrected chi connectivity index (χ2v) is 5.76. The Balaban J connectivity index is 1.75. The zero-order valence-electron chi connectivity index (χ0n) is 10.3. The molecule has 0 aromatic heterocycles. The third-order valence-corrected chi connectivity index (χ3v) is 4.23. The van der Waals surface area contributed by atoms with Gasteiger partial charge in [0.05, 0.1) is 0 Å². The zero-order chi connectivity index (χ0) is 11.4. The maximum absolute atomic E-state index is 11.9. The summed E-state index contributed by atoms with van der Waals surface area (Å²) in [6.45, 7) is 5.35. The van der Waals surface area contributed by atoms with E-state index in [9.17, 15) is 4.79 Å². The summed E-state index contributed by atoms with van der Waals surface area (Å²) >= 11 is 0. The van der Waals surface area contributed by atoms with Gasteiger partial charge < -0.3 is 10.6 Å². The fourth-order valence-electron chi connectivity index (χ4n) is 2.84. The predicted octanol–water partition coefficient (Wildman–Crippen LogP) is 1.68. The molecule has 0 spiro atoms. The van der Waals surface area contributed by atoms with Crippen LogP contribution in [0.25, 0.3) is 0 Å². The summed E-state index contributed by atoms with van der Waals surface area (Å²) in [6.07, 6.45) is 7.03. The Kier molecular flexibility index (Phi) is 3.85. The number of amides is 1. The summed E-state index contributed by atoms with van der Waals surface area (Å²) in [5.74, 6) is 0.613. The van der Waals surface area contributed by atoms with Crippen molar-refractivity contribution in [1.29, 1.82) is 0 Å². The van der Waals surface area contributed by atoms with Gasteiger partial charge in [0.1, 0.15) is 0 Å². The lowest BCUT2D eigenvalue weighted by Gasteiger charge is -2.34. The van der Waals surface area contributed by atoms with E-state index >= 15 is 0 Å². The maximum atomic E-state index is 11.9. The fraction of sp³-hybridized carbons (Fsp3) is 0.923. The average molecular weight is 224 g/mol. The number of carbonyl (C=O) groups is 1. The number of hydrogen-bond acceptors (Lipinski definition) is 2. The van der Waals surface area contributed by atoms with Crippen molar-refractivity contribution >= 4 is 5.91 Å². The highest BCUT2D eigenvalue weighted by molar-refractivity contribution is 5.78. The van der Waals surface area contributed by atoms with Crippen LogP contribution in [0.15, 0.2) is 0 Å². The molecule has 0 atom stereocenters. The van der Waals surface area contributed by atoms with E-state index in [0.717, 1.165) is 32.5 Å². The first-order chi connectivity index (χ1) is 7.70. The molecule has 1 heterocycles. The fourth-order valence-corrected chi connectivity index (χ4v) is 2.84. The van der Waals surface area contributed by atoms with Gasteiger partial charge in [-0.1, -0.05) is 19.8 Å². The van der Waals surface area contributed by atoms with Crippen molar-refractivity contribution in [1.82, 2.24) is 10.6 Å². The smallest absolute Gasteiger partial charge is 0.223 e. The summed E-state index contributed by atoms with van der Waals surface area (Å²) in [7, 11) is 0. The van der Waals surface area contributed by atoms with Crippen LogP contribution < -0.4 is 10.6 Å². The monoisotopic (exact) mass is 224 g/mol. The molecule has 0 radical (unpaired) electrons. The molecular formula is C13H24N2O.